The molecule has 1 atom stereocenters. The van der Waals surface area contributed by atoms with E-state index in [0.29, 0.717) is 11.9 Å². The summed E-state index contributed by atoms with van der Waals surface area (Å²) in [6, 6.07) is 0. The van der Waals surface area contributed by atoms with Gasteiger partial charge in [0.2, 0.25) is 5.95 Å². The molecule has 5 heteroatoms. The Kier molecular flexibility index (Phi) is 6.04. The summed E-state index contributed by atoms with van der Waals surface area (Å²) in [4.78, 5) is 8.73. The van der Waals surface area contributed by atoms with Crippen molar-refractivity contribution in [1.82, 2.24) is 9.97 Å². The van der Waals surface area contributed by atoms with Gasteiger partial charge in [-0.1, -0.05) is 34.6 Å². The summed E-state index contributed by atoms with van der Waals surface area (Å²) in [7, 11) is 0. The molecule has 1 aromatic heterocycles. The highest BCUT2D eigenvalue weighted by atomic mass is 79.9. The minimum atomic E-state index is 0.287. The van der Waals surface area contributed by atoms with Gasteiger partial charge in [0.25, 0.3) is 0 Å². The van der Waals surface area contributed by atoms with Gasteiger partial charge in [0.05, 0.1) is 4.47 Å². The smallest absolute Gasteiger partial charge is 0.224 e. The van der Waals surface area contributed by atoms with Gasteiger partial charge in [-0.25, -0.2) is 4.98 Å². The van der Waals surface area contributed by atoms with Gasteiger partial charge in [0.1, 0.15) is 5.82 Å². The molecule has 0 aliphatic carbocycles. The van der Waals surface area contributed by atoms with Crippen LogP contribution in [0.5, 0.6) is 0 Å². The summed E-state index contributed by atoms with van der Waals surface area (Å²) in [6.45, 7) is 12.9. The molecule has 0 amide bonds. The van der Waals surface area contributed by atoms with Gasteiger partial charge >= 0.3 is 0 Å². The Labute approximate surface area is 124 Å². The fourth-order valence-corrected chi connectivity index (χ4v) is 1.70. The maximum atomic E-state index is 4.48. The van der Waals surface area contributed by atoms with Crippen molar-refractivity contribution in [1.29, 1.82) is 0 Å². The SMILES string of the molecule is CCCNc1ncc(Br)c(NCC(C)C(C)(C)C)n1. The lowest BCUT2D eigenvalue weighted by Crippen LogP contribution is -2.25. The zero-order chi connectivity index (χ0) is 14.5. The molecule has 0 spiro atoms. The van der Waals surface area contributed by atoms with Gasteiger partial charge in [-0.15, -0.1) is 0 Å². The molecular formula is C14H25BrN4. The van der Waals surface area contributed by atoms with Crippen LogP contribution in [0.4, 0.5) is 11.8 Å². The minimum absolute atomic E-state index is 0.287. The second-order valence-corrected chi connectivity index (χ2v) is 6.82. The van der Waals surface area contributed by atoms with E-state index in [9.17, 15) is 0 Å². The molecule has 0 aliphatic heterocycles. The van der Waals surface area contributed by atoms with Gasteiger partial charge in [0.15, 0.2) is 0 Å². The summed E-state index contributed by atoms with van der Waals surface area (Å²) in [5, 5.41) is 6.59. The lowest BCUT2D eigenvalue weighted by molar-refractivity contribution is 0.274. The van der Waals surface area contributed by atoms with Gasteiger partial charge < -0.3 is 10.6 Å². The number of halogens is 1. The Morgan fingerprint density at radius 2 is 2.00 bits per heavy atom. The molecule has 0 aromatic carbocycles. The Bertz CT molecular complexity index is 401. The zero-order valence-electron chi connectivity index (χ0n) is 12.5. The second kappa shape index (κ2) is 7.08. The number of hydrogen-bond acceptors (Lipinski definition) is 4. The minimum Gasteiger partial charge on any atom is -0.369 e. The van der Waals surface area contributed by atoms with Crippen LogP contribution in [0.1, 0.15) is 41.0 Å². The fourth-order valence-electron chi connectivity index (χ4n) is 1.37. The molecule has 1 aromatic rings. The van der Waals surface area contributed by atoms with Crippen LogP contribution in [0.15, 0.2) is 10.7 Å². The quantitative estimate of drug-likeness (QED) is 0.823. The Hall–Kier alpha value is -0.840. The van der Waals surface area contributed by atoms with E-state index in [0.717, 1.165) is 29.8 Å². The Balaban J connectivity index is 2.66. The summed E-state index contributed by atoms with van der Waals surface area (Å²) < 4.78 is 0.899. The standard InChI is InChI=1S/C14H25BrN4/c1-6-7-16-13-18-9-11(15)12(19-13)17-8-10(2)14(3,4)5/h9-10H,6-8H2,1-5H3,(H2,16,17,18,19). The monoisotopic (exact) mass is 328 g/mol. The van der Waals surface area contributed by atoms with Crippen molar-refractivity contribution in [3.63, 3.8) is 0 Å². The van der Waals surface area contributed by atoms with Crippen LogP contribution in [0.2, 0.25) is 0 Å². The molecule has 0 fully saturated rings. The van der Waals surface area contributed by atoms with Crippen molar-refractivity contribution in [2.24, 2.45) is 11.3 Å². The molecule has 0 saturated carbocycles. The molecule has 1 rings (SSSR count). The first kappa shape index (κ1) is 16.2. The normalized spacial score (nSPS) is 13.2. The van der Waals surface area contributed by atoms with Crippen LogP contribution in [-0.4, -0.2) is 23.1 Å². The fraction of sp³-hybridized carbons (Fsp3) is 0.714. The van der Waals surface area contributed by atoms with E-state index in [2.05, 4.69) is 71.2 Å². The molecule has 1 unspecified atom stereocenters. The first-order valence-corrected chi connectivity index (χ1v) is 7.64. The molecular weight excluding hydrogens is 304 g/mol. The number of nitrogens with one attached hydrogen (secondary N) is 2. The zero-order valence-corrected chi connectivity index (χ0v) is 14.1. The Morgan fingerprint density at radius 1 is 1.32 bits per heavy atom. The molecule has 0 radical (unpaired) electrons. The predicted molar refractivity (Wildman–Crippen MR) is 85.6 cm³/mol. The van der Waals surface area contributed by atoms with Crippen LogP contribution < -0.4 is 10.6 Å². The maximum Gasteiger partial charge on any atom is 0.224 e. The third-order valence-corrected chi connectivity index (χ3v) is 3.91. The van der Waals surface area contributed by atoms with Crippen molar-refractivity contribution in [3.05, 3.63) is 10.7 Å². The first-order valence-electron chi connectivity index (χ1n) is 6.85. The van der Waals surface area contributed by atoms with Crippen molar-refractivity contribution in [2.45, 2.75) is 41.0 Å². The molecule has 1 heterocycles. The maximum absolute atomic E-state index is 4.48. The third kappa shape index (κ3) is 5.35. The van der Waals surface area contributed by atoms with Gasteiger partial charge in [-0.3, -0.25) is 0 Å². The number of aromatic nitrogens is 2. The van der Waals surface area contributed by atoms with Crippen molar-refractivity contribution >= 4 is 27.7 Å². The number of rotatable bonds is 6. The topological polar surface area (TPSA) is 49.8 Å². The van der Waals surface area contributed by atoms with Crippen LogP contribution in [0.25, 0.3) is 0 Å². The largest absolute Gasteiger partial charge is 0.369 e. The van der Waals surface area contributed by atoms with Crippen LogP contribution in [0.3, 0.4) is 0 Å². The molecule has 0 bridgehead atoms. The van der Waals surface area contributed by atoms with E-state index in [-0.39, 0.29) is 5.41 Å². The Morgan fingerprint density at radius 3 is 2.58 bits per heavy atom. The van der Waals surface area contributed by atoms with Crippen molar-refractivity contribution in [2.75, 3.05) is 23.7 Å². The average Bonchev–Trinajstić information content (AvgIpc) is 2.34. The van der Waals surface area contributed by atoms with E-state index < -0.39 is 0 Å². The van der Waals surface area contributed by atoms with Crippen LogP contribution in [-0.2, 0) is 0 Å². The van der Waals surface area contributed by atoms with Crippen LogP contribution >= 0.6 is 15.9 Å². The highest BCUT2D eigenvalue weighted by molar-refractivity contribution is 9.10. The van der Waals surface area contributed by atoms with Gasteiger partial charge in [-0.05, 0) is 33.7 Å². The molecule has 0 saturated heterocycles. The first-order chi connectivity index (χ1) is 8.84. The van der Waals surface area contributed by atoms with Crippen LogP contribution in [0, 0.1) is 11.3 Å². The molecule has 2 N–H and O–H groups in total. The van der Waals surface area contributed by atoms with E-state index in [1.54, 1.807) is 6.20 Å². The summed E-state index contributed by atoms with van der Waals surface area (Å²) in [5.74, 6) is 2.09. The lowest BCUT2D eigenvalue weighted by Gasteiger charge is -2.27. The summed E-state index contributed by atoms with van der Waals surface area (Å²) >= 11 is 3.48. The lowest BCUT2D eigenvalue weighted by atomic mass is 9.82. The molecule has 4 nitrogen and oxygen atoms in total. The highest BCUT2D eigenvalue weighted by Crippen LogP contribution is 2.27. The summed E-state index contributed by atoms with van der Waals surface area (Å²) in [6.07, 6.45) is 2.85. The van der Waals surface area contributed by atoms with Gasteiger partial charge in [-0.2, -0.15) is 4.98 Å². The van der Waals surface area contributed by atoms with E-state index in [1.807, 2.05) is 0 Å². The van der Waals surface area contributed by atoms with E-state index in [1.165, 1.54) is 0 Å². The van der Waals surface area contributed by atoms with Crippen molar-refractivity contribution < 1.29 is 0 Å². The third-order valence-electron chi connectivity index (χ3n) is 3.33. The number of nitrogens with zero attached hydrogens (tertiary/aromatic N) is 2. The predicted octanol–water partition coefficient (Wildman–Crippen LogP) is 4.16. The van der Waals surface area contributed by atoms with Crippen molar-refractivity contribution in [3.8, 4) is 0 Å². The highest BCUT2D eigenvalue weighted by Gasteiger charge is 2.20. The van der Waals surface area contributed by atoms with E-state index in [4.69, 9.17) is 0 Å². The summed E-state index contributed by atoms with van der Waals surface area (Å²) in [5.41, 5.74) is 0.287. The average molecular weight is 329 g/mol. The van der Waals surface area contributed by atoms with Gasteiger partial charge in [0, 0.05) is 19.3 Å². The molecule has 19 heavy (non-hydrogen) atoms. The second-order valence-electron chi connectivity index (χ2n) is 5.96. The van der Waals surface area contributed by atoms with E-state index >= 15 is 0 Å². The number of anilines is 2. The molecule has 0 aliphatic rings. The number of hydrogen-bond donors (Lipinski definition) is 2. The molecule has 108 valence electrons.